The fourth-order valence-electron chi connectivity index (χ4n) is 4.37. The molecule has 39 heavy (non-hydrogen) atoms. The van der Waals surface area contributed by atoms with Crippen molar-refractivity contribution in [3.63, 3.8) is 0 Å². The number of aromatic nitrogens is 2. The lowest BCUT2D eigenvalue weighted by Gasteiger charge is -2.35. The first-order chi connectivity index (χ1) is 18.3. The SMILES string of the molecule is O=C(CO[C@H]1CC[C@H](Oc2ccc([N+](=O)[O-])c(C(F)(F)F)c2)CC1)N1CCN(c2nnc(C(F)(F)F)s2)CC1. The fourth-order valence-corrected chi connectivity index (χ4v) is 5.13. The number of hydrogen-bond donors (Lipinski definition) is 0. The molecule has 0 atom stereocenters. The molecule has 17 heteroatoms. The Kier molecular flexibility index (Phi) is 8.48. The molecule has 1 amide bonds. The quantitative estimate of drug-likeness (QED) is 0.266. The van der Waals surface area contributed by atoms with Crippen molar-refractivity contribution < 1.29 is 45.5 Å². The number of nitro groups is 1. The molecule has 0 spiro atoms. The van der Waals surface area contributed by atoms with E-state index in [1.807, 2.05) is 0 Å². The van der Waals surface area contributed by atoms with E-state index in [1.54, 1.807) is 9.80 Å². The van der Waals surface area contributed by atoms with E-state index in [2.05, 4.69) is 10.2 Å². The molecular formula is C22H23F6N5O5S. The van der Waals surface area contributed by atoms with Gasteiger partial charge in [-0.15, -0.1) is 10.2 Å². The number of anilines is 1. The largest absolute Gasteiger partial charge is 0.490 e. The van der Waals surface area contributed by atoms with Gasteiger partial charge in [-0.2, -0.15) is 26.3 Å². The summed E-state index contributed by atoms with van der Waals surface area (Å²) in [6, 6.07) is 2.53. The summed E-state index contributed by atoms with van der Waals surface area (Å²) in [5.41, 5.74) is -2.43. The van der Waals surface area contributed by atoms with Crippen molar-refractivity contribution >= 4 is 28.1 Å². The number of carbonyl (C=O) groups excluding carboxylic acids is 1. The van der Waals surface area contributed by atoms with Crippen LogP contribution >= 0.6 is 11.3 Å². The molecule has 10 nitrogen and oxygen atoms in total. The summed E-state index contributed by atoms with van der Waals surface area (Å²) in [6.45, 7) is 1.01. The van der Waals surface area contributed by atoms with Crippen LogP contribution in [0.25, 0.3) is 0 Å². The normalized spacial score (nSPS) is 20.7. The summed E-state index contributed by atoms with van der Waals surface area (Å²) in [4.78, 5) is 25.6. The molecule has 1 aromatic heterocycles. The third kappa shape index (κ3) is 7.26. The number of hydrogen-bond acceptors (Lipinski definition) is 9. The number of nitrogens with zero attached hydrogens (tertiary/aromatic N) is 5. The van der Waals surface area contributed by atoms with Crippen molar-refractivity contribution in [3.8, 4) is 5.75 Å². The molecule has 4 rings (SSSR count). The third-order valence-corrected chi connectivity index (χ3v) is 7.43. The minimum Gasteiger partial charge on any atom is -0.490 e. The molecule has 1 aliphatic carbocycles. The van der Waals surface area contributed by atoms with Crippen molar-refractivity contribution in [3.05, 3.63) is 38.9 Å². The summed E-state index contributed by atoms with van der Waals surface area (Å²) in [5, 5.41) is 16.8. The highest BCUT2D eigenvalue weighted by atomic mass is 32.1. The van der Waals surface area contributed by atoms with Crippen molar-refractivity contribution in [1.29, 1.82) is 0 Å². The Morgan fingerprint density at radius 2 is 1.64 bits per heavy atom. The lowest BCUT2D eigenvalue weighted by atomic mass is 9.95. The lowest BCUT2D eigenvalue weighted by Crippen LogP contribution is -2.50. The van der Waals surface area contributed by atoms with Gasteiger partial charge in [-0.1, -0.05) is 11.3 Å². The number of nitro benzene ring substituents is 1. The molecule has 0 radical (unpaired) electrons. The second kappa shape index (κ2) is 11.5. The highest BCUT2D eigenvalue weighted by Gasteiger charge is 2.39. The lowest BCUT2D eigenvalue weighted by molar-refractivity contribution is -0.388. The van der Waals surface area contributed by atoms with E-state index in [-0.39, 0.29) is 29.5 Å². The van der Waals surface area contributed by atoms with Gasteiger partial charge in [-0.25, -0.2) is 0 Å². The molecule has 0 bridgehead atoms. The number of benzene rings is 1. The Morgan fingerprint density at radius 1 is 1.00 bits per heavy atom. The monoisotopic (exact) mass is 583 g/mol. The van der Waals surface area contributed by atoms with Gasteiger partial charge in [0.2, 0.25) is 16.0 Å². The molecular weight excluding hydrogens is 560 g/mol. The highest BCUT2D eigenvalue weighted by Crippen LogP contribution is 2.39. The van der Waals surface area contributed by atoms with Crippen LogP contribution in [0.1, 0.15) is 36.3 Å². The van der Waals surface area contributed by atoms with Gasteiger partial charge in [0.1, 0.15) is 17.9 Å². The van der Waals surface area contributed by atoms with Gasteiger partial charge in [-0.3, -0.25) is 14.9 Å². The first kappa shape index (κ1) is 28.8. The van der Waals surface area contributed by atoms with Gasteiger partial charge in [0.05, 0.1) is 17.1 Å². The second-order valence-electron chi connectivity index (χ2n) is 9.02. The van der Waals surface area contributed by atoms with Crippen LogP contribution in [-0.2, 0) is 21.9 Å². The van der Waals surface area contributed by atoms with E-state index in [9.17, 15) is 41.3 Å². The molecule has 2 aromatic rings. The summed E-state index contributed by atoms with van der Waals surface area (Å²) < 4.78 is 89.1. The van der Waals surface area contributed by atoms with Crippen LogP contribution < -0.4 is 9.64 Å². The first-order valence-corrected chi connectivity index (χ1v) is 12.7. The molecule has 1 aliphatic heterocycles. The van der Waals surface area contributed by atoms with Gasteiger partial charge in [0.25, 0.3) is 5.69 Å². The molecule has 2 heterocycles. The number of piperazine rings is 1. The maximum Gasteiger partial charge on any atom is 0.445 e. The van der Waals surface area contributed by atoms with Crippen LogP contribution in [-0.4, -0.2) is 70.9 Å². The van der Waals surface area contributed by atoms with Gasteiger partial charge in [-0.05, 0) is 37.8 Å². The van der Waals surface area contributed by atoms with E-state index < -0.39 is 39.6 Å². The molecule has 2 fully saturated rings. The molecule has 1 aromatic carbocycles. The van der Waals surface area contributed by atoms with Crippen LogP contribution in [0, 0.1) is 10.1 Å². The minimum absolute atomic E-state index is 0.116. The number of halogens is 6. The van der Waals surface area contributed by atoms with Crippen LogP contribution in [0.5, 0.6) is 5.75 Å². The summed E-state index contributed by atoms with van der Waals surface area (Å²) >= 11 is 0.452. The van der Waals surface area contributed by atoms with E-state index in [0.29, 0.717) is 69.3 Å². The third-order valence-electron chi connectivity index (χ3n) is 6.40. The zero-order chi connectivity index (χ0) is 28.4. The number of ether oxygens (including phenoxy) is 2. The number of alkyl halides is 6. The maximum absolute atomic E-state index is 13.2. The van der Waals surface area contributed by atoms with Crippen molar-refractivity contribution in [2.45, 2.75) is 50.2 Å². The van der Waals surface area contributed by atoms with Crippen molar-refractivity contribution in [2.24, 2.45) is 0 Å². The fraction of sp³-hybridized carbons (Fsp3) is 0.591. The van der Waals surface area contributed by atoms with Crippen molar-refractivity contribution in [2.75, 3.05) is 37.7 Å². The Hall–Kier alpha value is -3.21. The van der Waals surface area contributed by atoms with Gasteiger partial charge in [0.15, 0.2) is 0 Å². The topological polar surface area (TPSA) is 111 Å². The zero-order valence-corrected chi connectivity index (χ0v) is 21.0. The first-order valence-electron chi connectivity index (χ1n) is 11.9. The van der Waals surface area contributed by atoms with E-state index >= 15 is 0 Å². The zero-order valence-electron chi connectivity index (χ0n) is 20.2. The average molecular weight is 584 g/mol. The van der Waals surface area contributed by atoms with Crippen LogP contribution in [0.2, 0.25) is 0 Å². The Labute approximate surface area is 221 Å². The summed E-state index contributed by atoms with van der Waals surface area (Å²) in [6.07, 6.45) is -8.20. The maximum atomic E-state index is 13.2. The molecule has 0 N–H and O–H groups in total. The molecule has 1 saturated heterocycles. The number of amides is 1. The Bertz CT molecular complexity index is 1180. The summed E-state index contributed by atoms with van der Waals surface area (Å²) in [5.74, 6) is -0.374. The molecule has 2 aliphatic rings. The van der Waals surface area contributed by atoms with E-state index in [1.165, 1.54) is 0 Å². The van der Waals surface area contributed by atoms with Crippen LogP contribution in [0.15, 0.2) is 18.2 Å². The highest BCUT2D eigenvalue weighted by molar-refractivity contribution is 7.15. The second-order valence-corrected chi connectivity index (χ2v) is 9.97. The van der Waals surface area contributed by atoms with Gasteiger partial charge in [0, 0.05) is 32.2 Å². The van der Waals surface area contributed by atoms with Gasteiger partial charge < -0.3 is 19.3 Å². The van der Waals surface area contributed by atoms with Crippen LogP contribution in [0.3, 0.4) is 0 Å². The van der Waals surface area contributed by atoms with Crippen LogP contribution in [0.4, 0.5) is 37.2 Å². The average Bonchev–Trinajstić information content (AvgIpc) is 3.39. The predicted molar refractivity (Wildman–Crippen MR) is 124 cm³/mol. The molecule has 214 valence electrons. The van der Waals surface area contributed by atoms with Crippen molar-refractivity contribution in [1.82, 2.24) is 15.1 Å². The minimum atomic E-state index is -4.90. The van der Waals surface area contributed by atoms with E-state index in [0.717, 1.165) is 12.1 Å². The Morgan fingerprint density at radius 3 is 2.21 bits per heavy atom. The smallest absolute Gasteiger partial charge is 0.445 e. The predicted octanol–water partition coefficient (Wildman–Crippen LogP) is 4.54. The van der Waals surface area contributed by atoms with Gasteiger partial charge >= 0.3 is 12.4 Å². The van der Waals surface area contributed by atoms with E-state index in [4.69, 9.17) is 9.47 Å². The number of carbonyl (C=O) groups is 1. The number of rotatable bonds is 7. The summed E-state index contributed by atoms with van der Waals surface area (Å²) in [7, 11) is 0. The molecule has 0 unspecified atom stereocenters. The molecule has 1 saturated carbocycles. The standard InChI is InChI=1S/C22H23F6N5O5S/c23-21(24,25)16-11-15(5-6-17(16)33(35)36)38-14-3-1-13(2-4-14)37-12-18(34)31-7-9-32(10-8-31)20-30-29-19(39-20)22(26,27)28/h5-6,11,13-14H,1-4,7-10,12H2/t13-,14-. The Balaban J connectivity index is 1.19.